The number of nitrogens with zero attached hydrogens (tertiary/aromatic N) is 6. The van der Waals surface area contributed by atoms with E-state index in [0.717, 1.165) is 41.9 Å². The molecule has 0 atom stereocenters. The van der Waals surface area contributed by atoms with Crippen LogP contribution < -0.4 is 10.2 Å². The number of hydrogen-bond donors (Lipinski definition) is 1. The average molecular weight is 446 g/mol. The van der Waals surface area contributed by atoms with Crippen LogP contribution in [0.2, 0.25) is 0 Å². The van der Waals surface area contributed by atoms with Gasteiger partial charge in [-0.1, -0.05) is 23.9 Å². The first-order valence-electron chi connectivity index (χ1n) is 10.4. The molecule has 4 aromatic rings. The fourth-order valence-electron chi connectivity index (χ4n) is 3.45. The first-order valence-corrected chi connectivity index (χ1v) is 11.3. The van der Waals surface area contributed by atoms with Gasteiger partial charge in [0.05, 0.1) is 19.8 Å². The van der Waals surface area contributed by atoms with E-state index in [1.165, 1.54) is 11.3 Å². The summed E-state index contributed by atoms with van der Waals surface area (Å²) < 4.78 is 7.23. The van der Waals surface area contributed by atoms with Crippen LogP contribution in [0.15, 0.2) is 83.4 Å². The number of morpholine rings is 1. The lowest BCUT2D eigenvalue weighted by Crippen LogP contribution is -2.36. The molecule has 8 nitrogen and oxygen atoms in total. The number of ether oxygens (including phenoxy) is 1. The molecule has 0 unspecified atom stereocenters. The molecule has 1 aliphatic rings. The summed E-state index contributed by atoms with van der Waals surface area (Å²) in [4.78, 5) is 16.4. The second-order valence-electron chi connectivity index (χ2n) is 7.33. The molecule has 162 valence electrons. The van der Waals surface area contributed by atoms with Gasteiger partial charge in [-0.15, -0.1) is 0 Å². The minimum atomic E-state index is 0.580. The molecule has 3 heterocycles. The minimum Gasteiger partial charge on any atom is -0.378 e. The first-order chi connectivity index (χ1) is 15.8. The van der Waals surface area contributed by atoms with Gasteiger partial charge in [-0.05, 0) is 48.0 Å². The molecular formula is C23H23N7OS. The van der Waals surface area contributed by atoms with Gasteiger partial charge in [0.2, 0.25) is 5.95 Å². The van der Waals surface area contributed by atoms with Gasteiger partial charge < -0.3 is 15.0 Å². The van der Waals surface area contributed by atoms with Crippen molar-refractivity contribution < 1.29 is 4.74 Å². The topological polar surface area (TPSA) is 81.0 Å². The summed E-state index contributed by atoms with van der Waals surface area (Å²) in [5.41, 5.74) is 3.34. The average Bonchev–Trinajstić information content (AvgIpc) is 3.35. The van der Waals surface area contributed by atoms with Gasteiger partial charge in [0, 0.05) is 35.6 Å². The zero-order chi connectivity index (χ0) is 21.6. The number of benzene rings is 2. The lowest BCUT2D eigenvalue weighted by Gasteiger charge is -2.28. The van der Waals surface area contributed by atoms with E-state index in [1.807, 2.05) is 6.07 Å². The predicted molar refractivity (Wildman–Crippen MR) is 124 cm³/mol. The van der Waals surface area contributed by atoms with Gasteiger partial charge in [0.25, 0.3) is 0 Å². The predicted octanol–water partition coefficient (Wildman–Crippen LogP) is 3.85. The summed E-state index contributed by atoms with van der Waals surface area (Å²) in [6.45, 7) is 4.12. The molecule has 2 aromatic carbocycles. The Morgan fingerprint density at radius 1 is 0.969 bits per heavy atom. The Labute approximate surface area is 190 Å². The Morgan fingerprint density at radius 3 is 2.53 bits per heavy atom. The number of hydrogen-bond acceptors (Lipinski definition) is 8. The lowest BCUT2D eigenvalue weighted by atomic mass is 10.2. The highest BCUT2D eigenvalue weighted by Crippen LogP contribution is 2.27. The summed E-state index contributed by atoms with van der Waals surface area (Å²) in [7, 11) is 0. The quantitative estimate of drug-likeness (QED) is 0.430. The fraction of sp³-hybridized carbons (Fsp3) is 0.217. The van der Waals surface area contributed by atoms with E-state index in [4.69, 9.17) is 4.74 Å². The Bertz CT molecular complexity index is 1130. The molecule has 1 N–H and O–H groups in total. The summed E-state index contributed by atoms with van der Waals surface area (Å²) in [6.07, 6.45) is 5.04. The lowest BCUT2D eigenvalue weighted by molar-refractivity contribution is 0.122. The van der Waals surface area contributed by atoms with Gasteiger partial charge in [0.15, 0.2) is 0 Å². The van der Waals surface area contributed by atoms with Gasteiger partial charge in [-0.2, -0.15) is 5.10 Å². The van der Waals surface area contributed by atoms with Crippen molar-refractivity contribution in [3.05, 3.63) is 79.0 Å². The summed E-state index contributed by atoms with van der Waals surface area (Å²) in [5, 5.41) is 8.33. The fourth-order valence-corrected chi connectivity index (χ4v) is 4.23. The van der Waals surface area contributed by atoms with Crippen molar-refractivity contribution in [2.24, 2.45) is 0 Å². The van der Waals surface area contributed by atoms with Crippen molar-refractivity contribution in [2.75, 3.05) is 36.5 Å². The van der Waals surface area contributed by atoms with Crippen molar-refractivity contribution in [1.29, 1.82) is 0 Å². The Balaban J connectivity index is 1.21. The van der Waals surface area contributed by atoms with Crippen molar-refractivity contribution in [3.8, 4) is 0 Å². The Morgan fingerprint density at radius 2 is 1.78 bits per heavy atom. The van der Waals surface area contributed by atoms with Crippen LogP contribution in [0.3, 0.4) is 0 Å². The van der Waals surface area contributed by atoms with Crippen molar-refractivity contribution in [3.63, 3.8) is 0 Å². The minimum absolute atomic E-state index is 0.580. The molecule has 0 bridgehead atoms. The molecule has 5 rings (SSSR count). The third kappa shape index (κ3) is 5.24. The van der Waals surface area contributed by atoms with E-state index in [-0.39, 0.29) is 0 Å². The highest BCUT2D eigenvalue weighted by Gasteiger charge is 2.11. The van der Waals surface area contributed by atoms with Crippen LogP contribution >= 0.6 is 11.8 Å². The molecule has 1 saturated heterocycles. The number of anilines is 3. The highest BCUT2D eigenvalue weighted by molar-refractivity contribution is 7.99. The Hall–Kier alpha value is -3.43. The van der Waals surface area contributed by atoms with Crippen LogP contribution in [0.25, 0.3) is 0 Å². The van der Waals surface area contributed by atoms with Gasteiger partial charge in [-0.3, -0.25) is 0 Å². The molecule has 2 aromatic heterocycles. The van der Waals surface area contributed by atoms with Crippen LogP contribution in [0.5, 0.6) is 0 Å². The third-order valence-corrected chi connectivity index (χ3v) is 6.03. The van der Waals surface area contributed by atoms with Crippen LogP contribution in [0.4, 0.5) is 17.3 Å². The smallest absolute Gasteiger partial charge is 0.228 e. The second kappa shape index (κ2) is 9.80. The van der Waals surface area contributed by atoms with Crippen LogP contribution in [0, 0.1) is 0 Å². The molecule has 0 spiro atoms. The first kappa shape index (κ1) is 20.5. The van der Waals surface area contributed by atoms with Crippen molar-refractivity contribution in [2.45, 2.75) is 16.5 Å². The molecule has 0 radical (unpaired) electrons. The Kier molecular flexibility index (Phi) is 6.27. The van der Waals surface area contributed by atoms with Gasteiger partial charge in [0.1, 0.15) is 17.7 Å². The molecule has 1 fully saturated rings. The zero-order valence-electron chi connectivity index (χ0n) is 17.5. The molecule has 32 heavy (non-hydrogen) atoms. The van der Waals surface area contributed by atoms with Crippen molar-refractivity contribution in [1.82, 2.24) is 24.7 Å². The van der Waals surface area contributed by atoms with E-state index in [0.29, 0.717) is 12.5 Å². The maximum Gasteiger partial charge on any atom is 0.228 e. The maximum absolute atomic E-state index is 5.43. The van der Waals surface area contributed by atoms with Gasteiger partial charge >= 0.3 is 0 Å². The highest BCUT2D eigenvalue weighted by atomic mass is 32.2. The number of aromatic nitrogens is 5. The van der Waals surface area contributed by atoms with Crippen LogP contribution in [-0.2, 0) is 11.3 Å². The van der Waals surface area contributed by atoms with Crippen LogP contribution in [0.1, 0.15) is 5.56 Å². The van der Waals surface area contributed by atoms with E-state index < -0.39 is 0 Å². The van der Waals surface area contributed by atoms with E-state index in [1.54, 1.807) is 35.3 Å². The molecule has 0 saturated carbocycles. The summed E-state index contributed by atoms with van der Waals surface area (Å²) >= 11 is 1.61. The molecule has 9 heteroatoms. The number of rotatable bonds is 7. The second-order valence-corrected chi connectivity index (χ2v) is 8.42. The summed E-state index contributed by atoms with van der Waals surface area (Å²) in [5.74, 6) is 0.580. The molecule has 0 amide bonds. The van der Waals surface area contributed by atoms with Crippen molar-refractivity contribution >= 4 is 29.1 Å². The standard InChI is InChI=1S/C23H23N7OS/c1-7-21(8-2-18(1)15-30-17-24-16-26-30)32-22-9-10-25-23(28-22)27-19-3-5-20(6-4-19)29-11-13-31-14-12-29/h1-10,16-17H,11-15H2,(H,25,27,28). The van der Waals surface area contributed by atoms with E-state index >= 15 is 0 Å². The normalized spacial score (nSPS) is 13.8. The summed E-state index contributed by atoms with van der Waals surface area (Å²) in [6, 6.07) is 18.7. The van der Waals surface area contributed by atoms with Crippen LogP contribution in [-0.4, -0.2) is 51.0 Å². The molecule has 0 aliphatic carbocycles. The number of nitrogens with one attached hydrogen (secondary N) is 1. The third-order valence-electron chi connectivity index (χ3n) is 5.09. The zero-order valence-corrected chi connectivity index (χ0v) is 18.3. The molecular weight excluding hydrogens is 422 g/mol. The SMILES string of the molecule is c1cc(Sc2ccc(Cn3cncn3)cc2)nc(Nc2ccc(N3CCOCC3)cc2)n1. The van der Waals surface area contributed by atoms with E-state index in [9.17, 15) is 0 Å². The van der Waals surface area contributed by atoms with Gasteiger partial charge in [-0.25, -0.2) is 19.6 Å². The molecule has 1 aliphatic heterocycles. The van der Waals surface area contributed by atoms with E-state index in [2.05, 4.69) is 78.8 Å². The maximum atomic E-state index is 5.43. The largest absolute Gasteiger partial charge is 0.378 e. The monoisotopic (exact) mass is 445 g/mol.